The minimum atomic E-state index is -0.424. The van der Waals surface area contributed by atoms with Crippen molar-refractivity contribution in [1.29, 1.82) is 0 Å². The van der Waals surface area contributed by atoms with E-state index in [0.29, 0.717) is 13.0 Å². The molecule has 5 nitrogen and oxygen atoms in total. The Morgan fingerprint density at radius 2 is 2.09 bits per heavy atom. The van der Waals surface area contributed by atoms with Gasteiger partial charge >= 0.3 is 0 Å². The fraction of sp³-hybridized carbons (Fsp3) is 0.118. The number of nitrogens with zero attached hydrogens (tertiary/aromatic N) is 2. The Hall–Kier alpha value is -3.02. The minimum absolute atomic E-state index is 0.120. The van der Waals surface area contributed by atoms with Gasteiger partial charge in [0.1, 0.15) is 5.82 Å². The SMILES string of the molecule is O=C(NCCc1cccnc1)c1cc(-c2ccccc2F)on1. The smallest absolute Gasteiger partial charge is 0.273 e. The van der Waals surface area contributed by atoms with Crippen molar-refractivity contribution in [2.45, 2.75) is 6.42 Å². The number of nitrogens with one attached hydrogen (secondary N) is 1. The second kappa shape index (κ2) is 6.83. The van der Waals surface area contributed by atoms with Gasteiger partial charge in [0.15, 0.2) is 11.5 Å². The van der Waals surface area contributed by atoms with Crippen LogP contribution in [0.1, 0.15) is 16.1 Å². The number of benzene rings is 1. The van der Waals surface area contributed by atoms with Crippen LogP contribution in [-0.4, -0.2) is 22.6 Å². The largest absolute Gasteiger partial charge is 0.355 e. The van der Waals surface area contributed by atoms with E-state index in [1.165, 1.54) is 12.1 Å². The molecule has 0 saturated carbocycles. The Balaban J connectivity index is 1.62. The molecule has 0 bridgehead atoms. The van der Waals surface area contributed by atoms with Crippen LogP contribution in [0.2, 0.25) is 0 Å². The van der Waals surface area contributed by atoms with Crippen LogP contribution in [0.25, 0.3) is 11.3 Å². The predicted molar refractivity (Wildman–Crippen MR) is 82.2 cm³/mol. The predicted octanol–water partition coefficient (Wildman–Crippen LogP) is 2.85. The van der Waals surface area contributed by atoms with Crippen LogP contribution >= 0.6 is 0 Å². The molecule has 0 fully saturated rings. The zero-order valence-corrected chi connectivity index (χ0v) is 12.2. The normalized spacial score (nSPS) is 10.5. The van der Waals surface area contributed by atoms with Gasteiger partial charge < -0.3 is 9.84 Å². The maximum Gasteiger partial charge on any atom is 0.273 e. The molecule has 2 heterocycles. The summed E-state index contributed by atoms with van der Waals surface area (Å²) < 4.78 is 18.7. The van der Waals surface area contributed by atoms with Gasteiger partial charge in [0.2, 0.25) is 0 Å². The van der Waals surface area contributed by atoms with Gasteiger partial charge in [-0.25, -0.2) is 4.39 Å². The summed E-state index contributed by atoms with van der Waals surface area (Å²) in [4.78, 5) is 16.0. The van der Waals surface area contributed by atoms with Gasteiger partial charge in [-0.3, -0.25) is 9.78 Å². The zero-order chi connectivity index (χ0) is 16.1. The van der Waals surface area contributed by atoms with E-state index in [-0.39, 0.29) is 22.9 Å². The van der Waals surface area contributed by atoms with Crippen molar-refractivity contribution in [1.82, 2.24) is 15.5 Å². The van der Waals surface area contributed by atoms with Gasteiger partial charge in [-0.2, -0.15) is 0 Å². The molecule has 1 N–H and O–H groups in total. The first-order valence-electron chi connectivity index (χ1n) is 7.13. The fourth-order valence-corrected chi connectivity index (χ4v) is 2.13. The van der Waals surface area contributed by atoms with Crippen molar-refractivity contribution in [3.63, 3.8) is 0 Å². The third-order valence-electron chi connectivity index (χ3n) is 3.30. The lowest BCUT2D eigenvalue weighted by molar-refractivity contribution is 0.0945. The summed E-state index contributed by atoms with van der Waals surface area (Å²) in [5, 5.41) is 6.44. The van der Waals surface area contributed by atoms with Crippen LogP contribution in [0.3, 0.4) is 0 Å². The third kappa shape index (κ3) is 3.60. The second-order valence-electron chi connectivity index (χ2n) is 4.92. The standard InChI is InChI=1S/C17H14FN3O2/c18-14-6-2-1-5-13(14)16-10-15(21-23-16)17(22)20-9-7-12-4-3-8-19-11-12/h1-6,8,10-11H,7,9H2,(H,20,22). The molecule has 0 unspecified atom stereocenters. The first-order chi connectivity index (χ1) is 11.2. The van der Waals surface area contributed by atoms with Gasteiger partial charge in [-0.05, 0) is 30.2 Å². The number of hydrogen-bond acceptors (Lipinski definition) is 4. The van der Waals surface area contributed by atoms with Crippen molar-refractivity contribution in [3.8, 4) is 11.3 Å². The summed E-state index contributed by atoms with van der Waals surface area (Å²) in [6.45, 7) is 0.451. The molecular formula is C17H14FN3O2. The first-order valence-corrected chi connectivity index (χ1v) is 7.13. The molecule has 2 aromatic heterocycles. The zero-order valence-electron chi connectivity index (χ0n) is 12.2. The molecule has 0 aliphatic heterocycles. The van der Waals surface area contributed by atoms with Crippen molar-refractivity contribution in [2.24, 2.45) is 0 Å². The molecular weight excluding hydrogens is 297 g/mol. The van der Waals surface area contributed by atoms with E-state index >= 15 is 0 Å². The van der Waals surface area contributed by atoms with E-state index in [1.54, 1.807) is 30.6 Å². The molecule has 0 spiro atoms. The van der Waals surface area contributed by atoms with Crippen molar-refractivity contribution in [2.75, 3.05) is 6.54 Å². The van der Waals surface area contributed by atoms with Crippen molar-refractivity contribution < 1.29 is 13.7 Å². The Kier molecular flexibility index (Phi) is 4.42. The number of amides is 1. The first kappa shape index (κ1) is 14.9. The number of hydrogen-bond donors (Lipinski definition) is 1. The van der Waals surface area contributed by atoms with Crippen LogP contribution in [0.5, 0.6) is 0 Å². The second-order valence-corrected chi connectivity index (χ2v) is 4.92. The van der Waals surface area contributed by atoms with Crippen molar-refractivity contribution >= 4 is 5.91 Å². The van der Waals surface area contributed by atoms with Gasteiger partial charge in [-0.15, -0.1) is 0 Å². The maximum absolute atomic E-state index is 13.7. The fourth-order valence-electron chi connectivity index (χ4n) is 2.13. The molecule has 0 aliphatic carbocycles. The molecule has 1 aromatic carbocycles. The van der Waals surface area contributed by atoms with E-state index in [9.17, 15) is 9.18 Å². The van der Waals surface area contributed by atoms with E-state index in [1.807, 2.05) is 12.1 Å². The Morgan fingerprint density at radius 1 is 1.22 bits per heavy atom. The Labute approximate surface area is 132 Å². The molecule has 3 aromatic rings. The number of halogens is 1. The molecule has 1 amide bonds. The average molecular weight is 311 g/mol. The number of carbonyl (C=O) groups is 1. The van der Waals surface area contributed by atoms with Gasteiger partial charge in [0.25, 0.3) is 5.91 Å². The van der Waals surface area contributed by atoms with Crippen LogP contribution in [0.4, 0.5) is 4.39 Å². The van der Waals surface area contributed by atoms with E-state index in [0.717, 1.165) is 5.56 Å². The van der Waals surface area contributed by atoms with E-state index < -0.39 is 5.82 Å². The monoisotopic (exact) mass is 311 g/mol. The lowest BCUT2D eigenvalue weighted by Gasteiger charge is -2.02. The summed E-state index contributed by atoms with van der Waals surface area (Å²) in [6.07, 6.45) is 4.11. The summed E-state index contributed by atoms with van der Waals surface area (Å²) in [7, 11) is 0. The topological polar surface area (TPSA) is 68.0 Å². The highest BCUT2D eigenvalue weighted by Crippen LogP contribution is 2.23. The average Bonchev–Trinajstić information content (AvgIpc) is 3.06. The molecule has 23 heavy (non-hydrogen) atoms. The van der Waals surface area contributed by atoms with Crippen LogP contribution in [-0.2, 0) is 6.42 Å². The molecule has 0 atom stereocenters. The van der Waals surface area contributed by atoms with E-state index in [2.05, 4.69) is 15.5 Å². The third-order valence-corrected chi connectivity index (χ3v) is 3.30. The maximum atomic E-state index is 13.7. The summed E-state index contributed by atoms with van der Waals surface area (Å²) in [6, 6.07) is 11.4. The highest BCUT2D eigenvalue weighted by atomic mass is 19.1. The summed E-state index contributed by atoms with van der Waals surface area (Å²) in [5.41, 5.74) is 1.42. The molecule has 0 saturated heterocycles. The van der Waals surface area contributed by atoms with Gasteiger partial charge in [0.05, 0.1) is 5.56 Å². The van der Waals surface area contributed by atoms with Crippen LogP contribution < -0.4 is 5.32 Å². The summed E-state index contributed by atoms with van der Waals surface area (Å²) in [5.74, 6) is -0.562. The van der Waals surface area contributed by atoms with E-state index in [4.69, 9.17) is 4.52 Å². The highest BCUT2D eigenvalue weighted by Gasteiger charge is 2.15. The molecule has 6 heteroatoms. The number of aromatic nitrogens is 2. The lowest BCUT2D eigenvalue weighted by Crippen LogP contribution is -2.25. The lowest BCUT2D eigenvalue weighted by atomic mass is 10.1. The number of carbonyl (C=O) groups excluding carboxylic acids is 1. The van der Waals surface area contributed by atoms with Crippen LogP contribution in [0.15, 0.2) is 59.4 Å². The molecule has 3 rings (SSSR count). The summed E-state index contributed by atoms with van der Waals surface area (Å²) >= 11 is 0. The van der Waals surface area contributed by atoms with Gasteiger partial charge in [0, 0.05) is 25.0 Å². The number of pyridine rings is 1. The number of rotatable bonds is 5. The molecule has 0 aliphatic rings. The van der Waals surface area contributed by atoms with Crippen LogP contribution in [0, 0.1) is 5.82 Å². The molecule has 116 valence electrons. The molecule has 0 radical (unpaired) electrons. The van der Waals surface area contributed by atoms with Crippen molar-refractivity contribution in [3.05, 3.63) is 71.9 Å². The Bertz CT molecular complexity index is 802. The van der Waals surface area contributed by atoms with Gasteiger partial charge in [-0.1, -0.05) is 23.4 Å². The Morgan fingerprint density at radius 3 is 2.87 bits per heavy atom. The highest BCUT2D eigenvalue weighted by molar-refractivity contribution is 5.93. The minimum Gasteiger partial charge on any atom is -0.355 e. The quantitative estimate of drug-likeness (QED) is 0.786.